The molecule has 1 heterocycles. The molecule has 1 aliphatic rings. The van der Waals surface area contributed by atoms with Crippen molar-refractivity contribution in [3.8, 4) is 0 Å². The minimum atomic E-state index is -1.20. The summed E-state index contributed by atoms with van der Waals surface area (Å²) in [6.45, 7) is 6.64. The van der Waals surface area contributed by atoms with Gasteiger partial charge in [-0.25, -0.2) is 4.79 Å². The van der Waals surface area contributed by atoms with E-state index in [0.717, 1.165) is 9.91 Å². The zero-order valence-corrected chi connectivity index (χ0v) is 16.5. The molecule has 4 N–H and O–H groups in total. The third kappa shape index (κ3) is 4.48. The molecule has 0 radical (unpaired) electrons. The summed E-state index contributed by atoms with van der Waals surface area (Å²) in [4.78, 5) is 50.2. The highest BCUT2D eigenvalue weighted by molar-refractivity contribution is 6.08. The molecule has 152 valence electrons. The molecule has 9 nitrogen and oxygen atoms in total. The maximum atomic E-state index is 13.0. The lowest BCUT2D eigenvalue weighted by atomic mass is 9.87. The van der Waals surface area contributed by atoms with Crippen molar-refractivity contribution in [2.24, 2.45) is 0 Å². The van der Waals surface area contributed by atoms with Gasteiger partial charge in [0.2, 0.25) is 0 Å². The first-order valence-electron chi connectivity index (χ1n) is 9.49. The van der Waals surface area contributed by atoms with Crippen molar-refractivity contribution in [2.75, 3.05) is 26.2 Å². The number of hydrogen-bond acceptors (Lipinski definition) is 4. The highest BCUT2D eigenvalue weighted by atomic mass is 16.2. The molecule has 28 heavy (non-hydrogen) atoms. The van der Waals surface area contributed by atoms with Crippen LogP contribution in [-0.2, 0) is 19.9 Å². The van der Waals surface area contributed by atoms with Gasteiger partial charge >= 0.3 is 6.03 Å². The van der Waals surface area contributed by atoms with Crippen molar-refractivity contribution >= 4 is 23.8 Å². The zero-order valence-electron chi connectivity index (χ0n) is 16.5. The summed E-state index contributed by atoms with van der Waals surface area (Å²) >= 11 is 0. The van der Waals surface area contributed by atoms with Crippen LogP contribution in [0.1, 0.15) is 32.8 Å². The van der Waals surface area contributed by atoms with Gasteiger partial charge in [0, 0.05) is 6.54 Å². The Kier molecular flexibility index (Phi) is 7.11. The predicted octanol–water partition coefficient (Wildman–Crippen LogP) is -1.08. The smallest absolute Gasteiger partial charge is 0.344 e. The van der Waals surface area contributed by atoms with Crippen LogP contribution < -0.4 is 21.0 Å². The predicted molar refractivity (Wildman–Crippen MR) is 102 cm³/mol. The molecule has 0 spiro atoms. The first-order valence-corrected chi connectivity index (χ1v) is 9.49. The molecule has 1 unspecified atom stereocenters. The van der Waals surface area contributed by atoms with E-state index in [4.69, 9.17) is 0 Å². The Hall–Kier alpha value is -2.94. The molecule has 1 aliphatic heterocycles. The van der Waals surface area contributed by atoms with Gasteiger partial charge in [0.15, 0.2) is 13.1 Å². The molecule has 1 fully saturated rings. The largest absolute Gasteiger partial charge is 0.351 e. The fraction of sp³-hybridized carbons (Fsp3) is 0.474. The molecule has 1 saturated heterocycles. The molecule has 1 aromatic carbocycles. The van der Waals surface area contributed by atoms with E-state index in [1.54, 1.807) is 31.2 Å². The van der Waals surface area contributed by atoms with E-state index in [0.29, 0.717) is 25.1 Å². The van der Waals surface area contributed by atoms with E-state index in [1.165, 1.54) is 0 Å². The first kappa shape index (κ1) is 21.4. The first-order chi connectivity index (χ1) is 13.4. The summed E-state index contributed by atoms with van der Waals surface area (Å²) in [6.07, 6.45) is 0.345. The van der Waals surface area contributed by atoms with E-state index >= 15 is 0 Å². The number of benzene rings is 1. The number of nitrogens with zero attached hydrogens (tertiary/aromatic N) is 1. The van der Waals surface area contributed by atoms with Crippen LogP contribution in [0.15, 0.2) is 30.3 Å². The second-order valence-electron chi connectivity index (χ2n) is 6.64. The Labute approximate surface area is 164 Å². The van der Waals surface area contributed by atoms with Crippen molar-refractivity contribution in [1.29, 1.82) is 0 Å². The van der Waals surface area contributed by atoms with Gasteiger partial charge in [-0.2, -0.15) is 5.01 Å². The highest BCUT2D eigenvalue weighted by Crippen LogP contribution is 2.31. The number of carbonyl (C=O) groups is 4. The SMILES string of the molecule is CCNC(=O)C[NH+](CC)CC(=O)NN1C(=O)N[C@@](CC)(c2ccccc2)C1=O. The Morgan fingerprint density at radius 1 is 1.07 bits per heavy atom. The molecule has 2 atom stereocenters. The van der Waals surface area contributed by atoms with Crippen molar-refractivity contribution in [3.63, 3.8) is 0 Å². The summed E-state index contributed by atoms with van der Waals surface area (Å²) in [5, 5.41) is 6.13. The monoisotopic (exact) mass is 390 g/mol. The van der Waals surface area contributed by atoms with Gasteiger partial charge in [-0.15, -0.1) is 0 Å². The number of quaternary nitrogens is 1. The molecule has 5 amide bonds. The van der Waals surface area contributed by atoms with Gasteiger partial charge in [0.25, 0.3) is 17.7 Å². The van der Waals surface area contributed by atoms with Crippen molar-refractivity contribution < 1.29 is 24.1 Å². The summed E-state index contributed by atoms with van der Waals surface area (Å²) in [7, 11) is 0. The quantitative estimate of drug-likeness (QED) is 0.402. The number of likely N-dealkylation sites (N-methyl/N-ethyl adjacent to an activating group) is 2. The zero-order chi connectivity index (χ0) is 20.7. The van der Waals surface area contributed by atoms with Crippen LogP contribution >= 0.6 is 0 Å². The average Bonchev–Trinajstić information content (AvgIpc) is 2.93. The van der Waals surface area contributed by atoms with E-state index in [9.17, 15) is 19.2 Å². The minimum Gasteiger partial charge on any atom is -0.351 e. The maximum absolute atomic E-state index is 13.0. The number of nitrogens with one attached hydrogen (secondary N) is 4. The summed E-state index contributed by atoms with van der Waals surface area (Å²) in [5.74, 6) is -1.19. The van der Waals surface area contributed by atoms with Crippen LogP contribution in [0, 0.1) is 0 Å². The summed E-state index contributed by atoms with van der Waals surface area (Å²) in [5.41, 5.74) is 1.84. The minimum absolute atomic E-state index is 0.0326. The van der Waals surface area contributed by atoms with Crippen LogP contribution in [0.4, 0.5) is 4.79 Å². The van der Waals surface area contributed by atoms with Crippen LogP contribution in [0.25, 0.3) is 0 Å². The highest BCUT2D eigenvalue weighted by Gasteiger charge is 2.52. The fourth-order valence-corrected chi connectivity index (χ4v) is 3.23. The molecular formula is C19H28N5O4+. The number of imide groups is 1. The molecule has 1 aromatic rings. The Morgan fingerprint density at radius 3 is 2.29 bits per heavy atom. The lowest BCUT2D eigenvalue weighted by Gasteiger charge is -2.25. The van der Waals surface area contributed by atoms with Crippen LogP contribution in [0.2, 0.25) is 0 Å². The number of hydrogen-bond donors (Lipinski definition) is 4. The van der Waals surface area contributed by atoms with Gasteiger partial charge in [-0.1, -0.05) is 37.3 Å². The number of hydrazine groups is 1. The molecule has 0 bridgehead atoms. The fourth-order valence-electron chi connectivity index (χ4n) is 3.23. The number of amides is 5. The maximum Gasteiger partial charge on any atom is 0.344 e. The Morgan fingerprint density at radius 2 is 1.71 bits per heavy atom. The van der Waals surface area contributed by atoms with E-state index < -0.39 is 23.4 Å². The average molecular weight is 390 g/mol. The molecular weight excluding hydrogens is 362 g/mol. The lowest BCUT2D eigenvalue weighted by Crippen LogP contribution is -3.14. The number of urea groups is 1. The summed E-state index contributed by atoms with van der Waals surface area (Å²) in [6, 6.07) is 8.26. The van der Waals surface area contributed by atoms with Crippen molar-refractivity contribution in [1.82, 2.24) is 21.1 Å². The third-order valence-electron chi connectivity index (χ3n) is 4.82. The van der Waals surface area contributed by atoms with Gasteiger partial charge in [-0.3, -0.25) is 19.8 Å². The second-order valence-corrected chi connectivity index (χ2v) is 6.64. The van der Waals surface area contributed by atoms with E-state index in [1.807, 2.05) is 19.9 Å². The van der Waals surface area contributed by atoms with Gasteiger partial charge in [0.1, 0.15) is 5.54 Å². The van der Waals surface area contributed by atoms with Crippen LogP contribution in [0.5, 0.6) is 0 Å². The van der Waals surface area contributed by atoms with Gasteiger partial charge in [0.05, 0.1) is 6.54 Å². The van der Waals surface area contributed by atoms with Crippen LogP contribution in [0.3, 0.4) is 0 Å². The van der Waals surface area contributed by atoms with E-state index in [-0.39, 0.29) is 19.0 Å². The molecule has 0 saturated carbocycles. The van der Waals surface area contributed by atoms with Crippen molar-refractivity contribution in [3.05, 3.63) is 35.9 Å². The second kappa shape index (κ2) is 9.32. The van der Waals surface area contributed by atoms with Crippen molar-refractivity contribution in [2.45, 2.75) is 32.7 Å². The molecule has 2 rings (SSSR count). The van der Waals surface area contributed by atoms with Gasteiger partial charge < -0.3 is 15.5 Å². The standard InChI is InChI=1S/C19H27N5O4/c1-4-19(14-10-8-7-9-11-14)17(27)24(18(28)21-19)22-16(26)13-23(6-3)12-15(25)20-5-2/h7-11H,4-6,12-13H2,1-3H3,(H,20,25)(H,21,28)(H,22,26)/p+1/t19-/m0/s1. The Balaban J connectivity index is 2.07. The molecule has 0 aromatic heterocycles. The van der Waals surface area contributed by atoms with Crippen LogP contribution in [-0.4, -0.2) is 54.9 Å². The third-order valence-corrected chi connectivity index (χ3v) is 4.82. The molecule has 9 heteroatoms. The summed E-state index contributed by atoms with van der Waals surface area (Å²) < 4.78 is 0. The number of carbonyl (C=O) groups excluding carboxylic acids is 4. The van der Waals surface area contributed by atoms with Gasteiger partial charge in [-0.05, 0) is 25.8 Å². The Bertz CT molecular complexity index is 739. The number of rotatable bonds is 9. The lowest BCUT2D eigenvalue weighted by molar-refractivity contribution is -0.881. The normalized spacial score (nSPS) is 19.9. The van der Waals surface area contributed by atoms with E-state index in [2.05, 4.69) is 16.1 Å². The topological polar surface area (TPSA) is 112 Å². The molecule has 0 aliphatic carbocycles.